The number of nitrogens with one attached hydrogen (secondary N) is 1. The number of carbonyl (C=O) groups is 1. The number of esters is 1. The highest BCUT2D eigenvalue weighted by molar-refractivity contribution is 5.86. The smallest absolute Gasteiger partial charge is 0.330 e. The van der Waals surface area contributed by atoms with Gasteiger partial charge in [0.15, 0.2) is 0 Å². The molecule has 136 valence electrons. The molecule has 1 fully saturated rings. The fourth-order valence-corrected chi connectivity index (χ4v) is 2.99. The number of likely N-dealkylation sites (tertiary alicyclic amines) is 1. The van der Waals surface area contributed by atoms with Crippen LogP contribution in [-0.2, 0) is 16.1 Å². The molecule has 1 aliphatic rings. The van der Waals surface area contributed by atoms with Crippen LogP contribution in [0.2, 0.25) is 0 Å². The number of ether oxygens (including phenoxy) is 1. The Kier molecular flexibility index (Phi) is 6.33. The first kappa shape index (κ1) is 18.1. The van der Waals surface area contributed by atoms with Crippen molar-refractivity contribution < 1.29 is 9.53 Å². The van der Waals surface area contributed by atoms with Crippen LogP contribution in [0.15, 0.2) is 48.8 Å². The van der Waals surface area contributed by atoms with Gasteiger partial charge in [0, 0.05) is 31.8 Å². The van der Waals surface area contributed by atoms with Crippen LogP contribution in [0.3, 0.4) is 0 Å². The van der Waals surface area contributed by atoms with Crippen LogP contribution in [0.25, 0.3) is 6.08 Å². The van der Waals surface area contributed by atoms with Gasteiger partial charge in [-0.15, -0.1) is 0 Å². The molecule has 3 rings (SSSR count). The van der Waals surface area contributed by atoms with E-state index in [1.54, 1.807) is 25.4 Å². The molecule has 0 unspecified atom stereocenters. The van der Waals surface area contributed by atoms with Crippen LogP contribution in [0.4, 0.5) is 5.82 Å². The summed E-state index contributed by atoms with van der Waals surface area (Å²) in [7, 11) is 0. The number of anilines is 1. The van der Waals surface area contributed by atoms with E-state index in [0.717, 1.165) is 31.9 Å². The highest BCUT2D eigenvalue weighted by Gasteiger charge is 2.22. The van der Waals surface area contributed by atoms with Gasteiger partial charge in [-0.25, -0.2) is 9.78 Å². The first-order valence-electron chi connectivity index (χ1n) is 8.92. The lowest BCUT2D eigenvalue weighted by Gasteiger charge is -2.17. The average molecular weight is 352 g/mol. The highest BCUT2D eigenvalue weighted by atomic mass is 16.5. The summed E-state index contributed by atoms with van der Waals surface area (Å²) in [4.78, 5) is 22.4. The summed E-state index contributed by atoms with van der Waals surface area (Å²) in [6.07, 6.45) is 7.39. The van der Waals surface area contributed by atoms with Crippen molar-refractivity contribution >= 4 is 17.9 Å². The predicted octanol–water partition coefficient (Wildman–Crippen LogP) is 2.74. The number of hydrogen-bond donors (Lipinski definition) is 1. The van der Waals surface area contributed by atoms with Gasteiger partial charge in [-0.05, 0) is 25.0 Å². The molecule has 6 heteroatoms. The summed E-state index contributed by atoms with van der Waals surface area (Å²) in [6, 6.07) is 10.9. The Morgan fingerprint density at radius 1 is 1.31 bits per heavy atom. The first-order chi connectivity index (χ1) is 12.7. The minimum absolute atomic E-state index is 0.361. The SMILES string of the molecule is CCOC(=O)/C=C/c1cnc(N[C@@H]2CCN(Cc3ccccc3)C2)cn1. The summed E-state index contributed by atoms with van der Waals surface area (Å²) in [5.41, 5.74) is 1.96. The molecule has 1 aromatic carbocycles. The van der Waals surface area contributed by atoms with E-state index in [1.165, 1.54) is 11.6 Å². The Bertz CT molecular complexity index is 731. The molecule has 0 saturated carbocycles. The van der Waals surface area contributed by atoms with Gasteiger partial charge in [-0.1, -0.05) is 30.3 Å². The van der Waals surface area contributed by atoms with Gasteiger partial charge < -0.3 is 10.1 Å². The Morgan fingerprint density at radius 2 is 2.15 bits per heavy atom. The molecule has 1 aromatic heterocycles. The summed E-state index contributed by atoms with van der Waals surface area (Å²) < 4.78 is 4.84. The van der Waals surface area contributed by atoms with Gasteiger partial charge in [-0.3, -0.25) is 9.88 Å². The molecule has 6 nitrogen and oxygen atoms in total. The second-order valence-corrected chi connectivity index (χ2v) is 6.26. The van der Waals surface area contributed by atoms with E-state index < -0.39 is 0 Å². The molecule has 2 aromatic rings. The minimum atomic E-state index is -0.374. The first-order valence-corrected chi connectivity index (χ1v) is 8.92. The molecule has 1 N–H and O–H groups in total. The van der Waals surface area contributed by atoms with Gasteiger partial charge >= 0.3 is 5.97 Å². The van der Waals surface area contributed by atoms with Crippen LogP contribution in [0.5, 0.6) is 0 Å². The van der Waals surface area contributed by atoms with Gasteiger partial charge in [0.1, 0.15) is 5.82 Å². The van der Waals surface area contributed by atoms with Crippen molar-refractivity contribution in [2.45, 2.75) is 25.9 Å². The maximum atomic E-state index is 11.3. The second kappa shape index (κ2) is 9.10. The van der Waals surface area contributed by atoms with Crippen LogP contribution < -0.4 is 5.32 Å². The summed E-state index contributed by atoms with van der Waals surface area (Å²) in [5, 5.41) is 3.44. The zero-order chi connectivity index (χ0) is 18.2. The molecule has 0 spiro atoms. The third-order valence-electron chi connectivity index (χ3n) is 4.22. The van der Waals surface area contributed by atoms with Crippen molar-refractivity contribution in [2.24, 2.45) is 0 Å². The average Bonchev–Trinajstić information content (AvgIpc) is 3.09. The number of hydrogen-bond acceptors (Lipinski definition) is 6. The molecule has 0 aliphatic carbocycles. The number of nitrogens with zero attached hydrogens (tertiary/aromatic N) is 3. The van der Waals surface area contributed by atoms with E-state index in [1.807, 2.05) is 6.07 Å². The van der Waals surface area contributed by atoms with Crippen molar-refractivity contribution in [3.63, 3.8) is 0 Å². The molecule has 1 aliphatic heterocycles. The van der Waals surface area contributed by atoms with Crippen LogP contribution in [0.1, 0.15) is 24.6 Å². The highest BCUT2D eigenvalue weighted by Crippen LogP contribution is 2.16. The van der Waals surface area contributed by atoms with Crippen molar-refractivity contribution in [3.8, 4) is 0 Å². The van der Waals surface area contributed by atoms with E-state index >= 15 is 0 Å². The van der Waals surface area contributed by atoms with Crippen molar-refractivity contribution in [2.75, 3.05) is 25.0 Å². The standard InChI is InChI=1S/C20H24N4O2/c1-2-26-20(25)9-8-17-12-22-19(13-21-17)23-18-10-11-24(15-18)14-16-6-4-3-5-7-16/h3-9,12-13,18H,2,10-11,14-15H2,1H3,(H,22,23)/b9-8+/t18-/m1/s1. The van der Waals surface area contributed by atoms with Crippen LogP contribution in [-0.4, -0.2) is 46.6 Å². The fourth-order valence-electron chi connectivity index (χ4n) is 2.99. The molecule has 1 saturated heterocycles. The van der Waals surface area contributed by atoms with Gasteiger partial charge in [-0.2, -0.15) is 0 Å². The number of aromatic nitrogens is 2. The topological polar surface area (TPSA) is 67.3 Å². The van der Waals surface area contributed by atoms with E-state index in [2.05, 4.69) is 44.5 Å². The molecule has 1 atom stereocenters. The second-order valence-electron chi connectivity index (χ2n) is 6.26. The van der Waals surface area contributed by atoms with E-state index in [-0.39, 0.29) is 5.97 Å². The lowest BCUT2D eigenvalue weighted by atomic mass is 10.2. The summed E-state index contributed by atoms with van der Waals surface area (Å²) in [5.74, 6) is 0.380. The fraction of sp³-hybridized carbons (Fsp3) is 0.350. The van der Waals surface area contributed by atoms with Crippen molar-refractivity contribution in [1.29, 1.82) is 0 Å². The van der Waals surface area contributed by atoms with Crippen molar-refractivity contribution in [3.05, 3.63) is 60.1 Å². The van der Waals surface area contributed by atoms with Crippen LogP contribution in [0, 0.1) is 0 Å². The predicted molar refractivity (Wildman–Crippen MR) is 101 cm³/mol. The van der Waals surface area contributed by atoms with Gasteiger partial charge in [0.2, 0.25) is 0 Å². The number of benzene rings is 1. The molecule has 2 heterocycles. The lowest BCUT2D eigenvalue weighted by molar-refractivity contribution is -0.137. The zero-order valence-electron chi connectivity index (χ0n) is 15.0. The molecule has 26 heavy (non-hydrogen) atoms. The minimum Gasteiger partial charge on any atom is -0.463 e. The van der Waals surface area contributed by atoms with Crippen molar-refractivity contribution in [1.82, 2.24) is 14.9 Å². The number of rotatable bonds is 7. The molecule has 0 amide bonds. The zero-order valence-corrected chi connectivity index (χ0v) is 15.0. The van der Waals surface area contributed by atoms with Crippen LogP contribution >= 0.6 is 0 Å². The van der Waals surface area contributed by atoms with Gasteiger partial charge in [0.05, 0.1) is 24.7 Å². The largest absolute Gasteiger partial charge is 0.463 e. The molecular weight excluding hydrogens is 328 g/mol. The molecular formula is C20H24N4O2. The summed E-state index contributed by atoms with van der Waals surface area (Å²) in [6.45, 7) is 5.17. The Labute approximate surface area is 153 Å². The molecule has 0 radical (unpaired) electrons. The Morgan fingerprint density at radius 3 is 2.88 bits per heavy atom. The van der Waals surface area contributed by atoms with E-state index in [4.69, 9.17) is 4.74 Å². The third kappa shape index (κ3) is 5.39. The Hall–Kier alpha value is -2.73. The number of carbonyl (C=O) groups excluding carboxylic acids is 1. The maximum Gasteiger partial charge on any atom is 0.330 e. The quantitative estimate of drug-likeness (QED) is 0.610. The molecule has 0 bridgehead atoms. The van der Waals surface area contributed by atoms with E-state index in [9.17, 15) is 4.79 Å². The maximum absolute atomic E-state index is 11.3. The lowest BCUT2D eigenvalue weighted by Crippen LogP contribution is -2.26. The third-order valence-corrected chi connectivity index (χ3v) is 4.22. The van der Waals surface area contributed by atoms with Gasteiger partial charge in [0.25, 0.3) is 0 Å². The Balaban J connectivity index is 1.48. The monoisotopic (exact) mass is 352 g/mol. The summed E-state index contributed by atoms with van der Waals surface area (Å²) >= 11 is 0. The normalized spacial score (nSPS) is 17.5. The van der Waals surface area contributed by atoms with E-state index in [0.29, 0.717) is 18.3 Å².